The molecule has 0 aliphatic rings. The highest BCUT2D eigenvalue weighted by atomic mass is 35.5. The first-order valence-corrected chi connectivity index (χ1v) is 8.53. The number of benzene rings is 2. The van der Waals surface area contributed by atoms with Crippen molar-refractivity contribution < 1.29 is 0 Å². The molecule has 2 heterocycles. The molecule has 0 atom stereocenters. The molecule has 0 saturated carbocycles. The zero-order valence-corrected chi connectivity index (χ0v) is 15.1. The van der Waals surface area contributed by atoms with E-state index in [1.54, 1.807) is 10.9 Å². The summed E-state index contributed by atoms with van der Waals surface area (Å²) >= 11 is 6.06. The van der Waals surface area contributed by atoms with Crippen molar-refractivity contribution in [2.75, 3.05) is 10.6 Å². The van der Waals surface area contributed by atoms with Gasteiger partial charge in [-0.2, -0.15) is 15.1 Å². The molecule has 2 N–H and O–H groups in total. The van der Waals surface area contributed by atoms with Crippen molar-refractivity contribution in [1.82, 2.24) is 19.7 Å². The van der Waals surface area contributed by atoms with Crippen molar-refractivity contribution in [3.8, 4) is 0 Å². The fourth-order valence-corrected chi connectivity index (χ4v) is 2.95. The van der Waals surface area contributed by atoms with E-state index in [1.807, 2.05) is 62.5 Å². The first kappa shape index (κ1) is 16.4. The predicted molar refractivity (Wildman–Crippen MR) is 106 cm³/mol. The molecule has 2 aromatic carbocycles. The minimum atomic E-state index is 0.501. The summed E-state index contributed by atoms with van der Waals surface area (Å²) in [5, 5.41) is 12.5. The van der Waals surface area contributed by atoms with Gasteiger partial charge in [-0.05, 0) is 42.8 Å². The number of anilines is 4. The third kappa shape index (κ3) is 3.19. The maximum atomic E-state index is 6.06. The van der Waals surface area contributed by atoms with Gasteiger partial charge in [0.15, 0.2) is 5.65 Å². The van der Waals surface area contributed by atoms with Crippen LogP contribution in [0.15, 0.2) is 54.7 Å². The minimum Gasteiger partial charge on any atom is -0.339 e. The van der Waals surface area contributed by atoms with Gasteiger partial charge in [0.05, 0.1) is 11.6 Å². The standard InChI is InChI=1S/C19H17ClN6/c1-12-10-13(20)8-9-16(12)23-17-15-11-21-26(2)18(15)25-19(24-17)22-14-6-4-3-5-7-14/h3-11H,1-2H3,(H2,22,23,24,25). The Morgan fingerprint density at radius 2 is 1.81 bits per heavy atom. The Balaban J connectivity index is 1.77. The van der Waals surface area contributed by atoms with Crippen molar-refractivity contribution in [3.63, 3.8) is 0 Å². The van der Waals surface area contributed by atoms with Crippen LogP contribution in [0.25, 0.3) is 11.0 Å². The van der Waals surface area contributed by atoms with Crippen molar-refractivity contribution in [1.29, 1.82) is 0 Å². The molecule has 4 rings (SSSR count). The Morgan fingerprint density at radius 3 is 2.58 bits per heavy atom. The Labute approximate surface area is 155 Å². The quantitative estimate of drug-likeness (QED) is 0.543. The van der Waals surface area contributed by atoms with Crippen LogP contribution in [0.3, 0.4) is 0 Å². The van der Waals surface area contributed by atoms with Gasteiger partial charge in [0, 0.05) is 23.4 Å². The topological polar surface area (TPSA) is 67.7 Å². The maximum Gasteiger partial charge on any atom is 0.231 e. The van der Waals surface area contributed by atoms with E-state index < -0.39 is 0 Å². The fraction of sp³-hybridized carbons (Fsp3) is 0.105. The first-order chi connectivity index (χ1) is 12.6. The summed E-state index contributed by atoms with van der Waals surface area (Å²) in [6, 6.07) is 15.5. The number of halogens is 1. The molecule has 0 amide bonds. The van der Waals surface area contributed by atoms with Crippen molar-refractivity contribution in [3.05, 3.63) is 65.3 Å². The molecule has 0 aliphatic carbocycles. The SMILES string of the molecule is Cc1cc(Cl)ccc1Nc1nc(Nc2ccccc2)nc2c1cnn2C. The average molecular weight is 365 g/mol. The molecular formula is C19H17ClN6. The molecule has 0 spiro atoms. The van der Waals surface area contributed by atoms with E-state index in [-0.39, 0.29) is 0 Å². The van der Waals surface area contributed by atoms with E-state index >= 15 is 0 Å². The van der Waals surface area contributed by atoms with Crippen LogP contribution < -0.4 is 10.6 Å². The van der Waals surface area contributed by atoms with Gasteiger partial charge in [-0.15, -0.1) is 0 Å². The lowest BCUT2D eigenvalue weighted by molar-refractivity contribution is 0.786. The molecule has 130 valence electrons. The second-order valence-corrected chi connectivity index (χ2v) is 6.41. The van der Waals surface area contributed by atoms with E-state index in [0.29, 0.717) is 16.8 Å². The van der Waals surface area contributed by atoms with E-state index in [9.17, 15) is 0 Å². The van der Waals surface area contributed by atoms with E-state index in [0.717, 1.165) is 28.0 Å². The normalized spacial score (nSPS) is 10.9. The lowest BCUT2D eigenvalue weighted by Gasteiger charge is -2.12. The smallest absolute Gasteiger partial charge is 0.231 e. The highest BCUT2D eigenvalue weighted by molar-refractivity contribution is 6.30. The Morgan fingerprint density at radius 1 is 1.00 bits per heavy atom. The summed E-state index contributed by atoms with van der Waals surface area (Å²) in [4.78, 5) is 9.23. The van der Waals surface area contributed by atoms with Crippen LogP contribution in [0.2, 0.25) is 5.02 Å². The number of nitrogens with zero attached hydrogens (tertiary/aromatic N) is 4. The van der Waals surface area contributed by atoms with Crippen molar-refractivity contribution in [2.24, 2.45) is 7.05 Å². The van der Waals surface area contributed by atoms with Crippen molar-refractivity contribution >= 4 is 45.8 Å². The van der Waals surface area contributed by atoms with Crippen LogP contribution in [0.5, 0.6) is 0 Å². The second-order valence-electron chi connectivity index (χ2n) is 5.98. The Bertz CT molecular complexity index is 1070. The van der Waals surface area contributed by atoms with Gasteiger partial charge in [-0.3, -0.25) is 4.68 Å². The summed E-state index contributed by atoms with van der Waals surface area (Å²) in [6.45, 7) is 2.00. The second kappa shape index (κ2) is 6.65. The summed E-state index contributed by atoms with van der Waals surface area (Å²) in [5.74, 6) is 1.19. The summed E-state index contributed by atoms with van der Waals surface area (Å²) in [6.07, 6.45) is 1.76. The molecule has 26 heavy (non-hydrogen) atoms. The number of aromatic nitrogens is 4. The molecule has 0 bridgehead atoms. The van der Waals surface area contributed by atoms with Crippen LogP contribution in [0.4, 0.5) is 23.1 Å². The minimum absolute atomic E-state index is 0.501. The van der Waals surface area contributed by atoms with Gasteiger partial charge in [0.2, 0.25) is 5.95 Å². The Hall–Kier alpha value is -3.12. The van der Waals surface area contributed by atoms with Crippen LogP contribution in [0, 0.1) is 6.92 Å². The monoisotopic (exact) mass is 364 g/mol. The van der Waals surface area contributed by atoms with E-state index in [4.69, 9.17) is 11.6 Å². The van der Waals surface area contributed by atoms with Crippen molar-refractivity contribution in [2.45, 2.75) is 6.92 Å². The number of rotatable bonds is 4. The van der Waals surface area contributed by atoms with Crippen LogP contribution in [-0.4, -0.2) is 19.7 Å². The molecule has 7 heteroatoms. The number of hydrogen-bond donors (Lipinski definition) is 2. The molecule has 0 aliphatic heterocycles. The van der Waals surface area contributed by atoms with E-state index in [2.05, 4.69) is 25.7 Å². The number of fused-ring (bicyclic) bond motifs is 1. The zero-order valence-electron chi connectivity index (χ0n) is 14.4. The fourth-order valence-electron chi connectivity index (χ4n) is 2.72. The maximum absolute atomic E-state index is 6.06. The third-order valence-electron chi connectivity index (χ3n) is 4.06. The Kier molecular flexibility index (Phi) is 4.18. The first-order valence-electron chi connectivity index (χ1n) is 8.15. The van der Waals surface area contributed by atoms with Crippen LogP contribution in [-0.2, 0) is 7.05 Å². The molecule has 4 aromatic rings. The number of aryl methyl sites for hydroxylation is 2. The van der Waals surface area contributed by atoms with Crippen LogP contribution >= 0.6 is 11.6 Å². The molecule has 6 nitrogen and oxygen atoms in total. The number of nitrogens with one attached hydrogen (secondary N) is 2. The average Bonchev–Trinajstić information content (AvgIpc) is 3.00. The largest absolute Gasteiger partial charge is 0.339 e. The van der Waals surface area contributed by atoms with E-state index in [1.165, 1.54) is 0 Å². The van der Waals surface area contributed by atoms with Gasteiger partial charge in [0.25, 0.3) is 0 Å². The molecular weight excluding hydrogens is 348 g/mol. The van der Waals surface area contributed by atoms with Crippen LogP contribution in [0.1, 0.15) is 5.56 Å². The molecule has 0 radical (unpaired) electrons. The zero-order chi connectivity index (χ0) is 18.1. The summed E-state index contributed by atoms with van der Waals surface area (Å²) < 4.78 is 1.73. The number of hydrogen-bond acceptors (Lipinski definition) is 5. The molecule has 2 aromatic heterocycles. The van der Waals surface area contributed by atoms with Gasteiger partial charge in [-0.1, -0.05) is 29.8 Å². The number of para-hydroxylation sites is 1. The molecule has 0 unspecified atom stereocenters. The third-order valence-corrected chi connectivity index (χ3v) is 4.30. The summed E-state index contributed by atoms with van der Waals surface area (Å²) in [5.41, 5.74) is 3.63. The van der Waals surface area contributed by atoms with Gasteiger partial charge < -0.3 is 10.6 Å². The lowest BCUT2D eigenvalue weighted by Crippen LogP contribution is -2.04. The summed E-state index contributed by atoms with van der Waals surface area (Å²) in [7, 11) is 1.86. The highest BCUT2D eigenvalue weighted by Gasteiger charge is 2.13. The predicted octanol–water partition coefficient (Wildman–Crippen LogP) is 4.81. The van der Waals surface area contributed by atoms with Gasteiger partial charge in [-0.25, -0.2) is 0 Å². The van der Waals surface area contributed by atoms with Gasteiger partial charge in [0.1, 0.15) is 5.82 Å². The highest BCUT2D eigenvalue weighted by Crippen LogP contribution is 2.28. The van der Waals surface area contributed by atoms with Gasteiger partial charge >= 0.3 is 0 Å². The lowest BCUT2D eigenvalue weighted by atomic mass is 10.2. The molecule has 0 saturated heterocycles. The molecule has 0 fully saturated rings.